The van der Waals surface area contributed by atoms with Gasteiger partial charge in [-0.05, 0) is 80.8 Å². The molecule has 0 radical (unpaired) electrons. The summed E-state index contributed by atoms with van der Waals surface area (Å²) in [6.45, 7) is 5.45. The van der Waals surface area contributed by atoms with Gasteiger partial charge in [0.15, 0.2) is 5.67 Å². The Morgan fingerprint density at radius 3 is 2.59 bits per heavy atom. The number of rotatable bonds is 8. The monoisotopic (exact) mass is 621 g/mol. The van der Waals surface area contributed by atoms with Crippen molar-refractivity contribution in [3.05, 3.63) is 77.4 Å². The number of nitrogens with zero attached hydrogens (tertiary/aromatic N) is 4. The van der Waals surface area contributed by atoms with E-state index in [1.165, 1.54) is 0 Å². The molecule has 2 aliphatic carbocycles. The molecule has 3 fully saturated rings. The second-order valence-corrected chi connectivity index (χ2v) is 13.1. The molecule has 2 saturated heterocycles. The predicted octanol–water partition coefficient (Wildman–Crippen LogP) is 4.78. The van der Waals surface area contributed by atoms with Gasteiger partial charge in [0.25, 0.3) is 5.91 Å². The Morgan fingerprint density at radius 2 is 1.89 bits per heavy atom. The lowest BCUT2D eigenvalue weighted by Gasteiger charge is -2.28. The lowest BCUT2D eigenvalue weighted by atomic mass is 9.90. The first-order valence-electron chi connectivity index (χ1n) is 16.0. The van der Waals surface area contributed by atoms with Gasteiger partial charge in [-0.2, -0.15) is 5.10 Å². The van der Waals surface area contributed by atoms with Gasteiger partial charge in [-0.15, -0.1) is 0 Å². The van der Waals surface area contributed by atoms with E-state index in [4.69, 9.17) is 4.74 Å². The van der Waals surface area contributed by atoms with Crippen LogP contribution in [0.15, 0.2) is 54.9 Å². The van der Waals surface area contributed by atoms with Crippen LogP contribution in [0.2, 0.25) is 0 Å². The lowest BCUT2D eigenvalue weighted by molar-refractivity contribution is -0.131. The molecule has 8 rings (SSSR count). The van der Waals surface area contributed by atoms with Crippen LogP contribution >= 0.6 is 0 Å². The molecule has 2 amide bonds. The molecule has 4 atom stereocenters. The highest BCUT2D eigenvalue weighted by atomic mass is 19.1. The van der Waals surface area contributed by atoms with Gasteiger partial charge in [0.1, 0.15) is 18.2 Å². The lowest BCUT2D eigenvalue weighted by Crippen LogP contribution is -2.50. The van der Waals surface area contributed by atoms with E-state index < -0.39 is 17.6 Å². The zero-order valence-electron chi connectivity index (χ0n) is 25.8. The van der Waals surface area contributed by atoms with E-state index in [2.05, 4.69) is 47.8 Å². The topological polar surface area (TPSA) is 125 Å². The maximum Gasteiger partial charge on any atom is 0.258 e. The summed E-state index contributed by atoms with van der Waals surface area (Å²) in [5.74, 6) is -0.545. The second-order valence-electron chi connectivity index (χ2n) is 13.1. The highest BCUT2D eigenvalue weighted by Crippen LogP contribution is 2.42. The average molecular weight is 622 g/mol. The Labute approximate surface area is 266 Å². The molecule has 4 aromatic rings. The Kier molecular flexibility index (Phi) is 6.89. The van der Waals surface area contributed by atoms with Crippen LogP contribution in [0.3, 0.4) is 0 Å². The molecule has 0 spiro atoms. The maximum atomic E-state index is 14.9. The van der Waals surface area contributed by atoms with E-state index >= 15 is 0 Å². The van der Waals surface area contributed by atoms with Crippen molar-refractivity contribution >= 4 is 23.3 Å². The molecule has 46 heavy (non-hydrogen) atoms. The number of anilines is 2. The van der Waals surface area contributed by atoms with Gasteiger partial charge in [-0.25, -0.2) is 14.4 Å². The van der Waals surface area contributed by atoms with Crippen LogP contribution in [0.5, 0.6) is 0 Å². The second kappa shape index (κ2) is 11.0. The van der Waals surface area contributed by atoms with E-state index in [1.54, 1.807) is 6.33 Å². The number of nitrogens with one attached hydrogen (secondary N) is 3. The van der Waals surface area contributed by atoms with E-state index in [0.29, 0.717) is 24.8 Å². The molecule has 10 nitrogen and oxygen atoms in total. The molecule has 0 unspecified atom stereocenters. The molecule has 1 saturated carbocycles. The molecular formula is C35H36FN7O3. The average Bonchev–Trinajstić information content (AvgIpc) is 3.47. The standard InChI is InChI=1S/C35H36FN7O3/c1-19-31(20(2)42-41-19)22-5-8-24(9-6-22)39-33(44)32(40-34(45)35(36)11-12-35)27-10-7-21-3-4-23(13-28(21)27)29-15-30(38-18-37-29)43-16-26-14-25(43)17-46-26/h3-6,8-9,13,15,18,25-27,32H,7,10-12,14,16-17H2,1-2H3,(H,39,44)(H,40,45)(H,41,42)/t25-,26-,27+,32-/m0/s1. The Bertz CT molecular complexity index is 1820. The number of carbonyl (C=O) groups is 2. The molecule has 236 valence electrons. The van der Waals surface area contributed by atoms with Crippen molar-refractivity contribution in [1.29, 1.82) is 0 Å². The Balaban J connectivity index is 1.06. The number of carbonyl (C=O) groups excluding carboxylic acids is 2. The zero-order valence-corrected chi connectivity index (χ0v) is 25.8. The Morgan fingerprint density at radius 1 is 1.09 bits per heavy atom. The third-order valence-electron chi connectivity index (χ3n) is 10.0. The van der Waals surface area contributed by atoms with Gasteiger partial charge in [0, 0.05) is 41.0 Å². The number of morpholine rings is 1. The highest BCUT2D eigenvalue weighted by Gasteiger charge is 2.52. The van der Waals surface area contributed by atoms with Crippen molar-refractivity contribution in [2.75, 3.05) is 23.4 Å². The molecule has 4 aliphatic rings. The number of aryl methyl sites for hydroxylation is 3. The largest absolute Gasteiger partial charge is 0.374 e. The molecule has 3 N–H and O–H groups in total. The summed E-state index contributed by atoms with van der Waals surface area (Å²) in [4.78, 5) is 38.4. The molecule has 2 bridgehead atoms. The van der Waals surface area contributed by atoms with Crippen molar-refractivity contribution in [2.45, 2.75) is 75.7 Å². The number of alkyl halides is 1. The summed E-state index contributed by atoms with van der Waals surface area (Å²) in [7, 11) is 0. The molecule has 2 aromatic heterocycles. The predicted molar refractivity (Wildman–Crippen MR) is 171 cm³/mol. The van der Waals surface area contributed by atoms with Crippen LogP contribution in [0.4, 0.5) is 15.9 Å². The number of fused-ring (bicyclic) bond motifs is 3. The smallest absolute Gasteiger partial charge is 0.258 e. The number of H-pyrrole nitrogens is 1. The molecular weight excluding hydrogens is 585 g/mol. The number of hydrogen-bond acceptors (Lipinski definition) is 7. The van der Waals surface area contributed by atoms with Crippen LogP contribution in [0, 0.1) is 13.8 Å². The van der Waals surface area contributed by atoms with Crippen LogP contribution in [0.25, 0.3) is 22.4 Å². The van der Waals surface area contributed by atoms with Gasteiger partial charge >= 0.3 is 0 Å². The molecule has 4 heterocycles. The molecule has 2 aliphatic heterocycles. The number of benzene rings is 2. The summed E-state index contributed by atoms with van der Waals surface area (Å²) < 4.78 is 20.7. The van der Waals surface area contributed by atoms with Gasteiger partial charge in [0.05, 0.1) is 30.1 Å². The minimum absolute atomic E-state index is 0.174. The van der Waals surface area contributed by atoms with Crippen molar-refractivity contribution in [1.82, 2.24) is 25.5 Å². The number of halogens is 1. The van der Waals surface area contributed by atoms with Gasteiger partial charge in [0.2, 0.25) is 5.91 Å². The van der Waals surface area contributed by atoms with Crippen LogP contribution in [0.1, 0.15) is 54.1 Å². The summed E-state index contributed by atoms with van der Waals surface area (Å²) >= 11 is 0. The molecule has 11 heteroatoms. The van der Waals surface area contributed by atoms with E-state index in [-0.39, 0.29) is 30.8 Å². The quantitative estimate of drug-likeness (QED) is 0.259. The van der Waals surface area contributed by atoms with Crippen LogP contribution in [-0.2, 0) is 20.7 Å². The fraction of sp³-hybridized carbons (Fsp3) is 0.400. The normalized spacial score (nSPS) is 22.8. The number of amides is 2. The van der Waals surface area contributed by atoms with Crippen molar-refractivity contribution < 1.29 is 18.7 Å². The first-order chi connectivity index (χ1) is 22.3. The number of hydrogen-bond donors (Lipinski definition) is 3. The first-order valence-corrected chi connectivity index (χ1v) is 16.0. The van der Waals surface area contributed by atoms with Gasteiger partial charge in [-0.1, -0.05) is 24.3 Å². The van der Waals surface area contributed by atoms with Crippen LogP contribution in [-0.4, -0.2) is 69.0 Å². The summed E-state index contributed by atoms with van der Waals surface area (Å²) in [5, 5.41) is 13.1. The Hall–Kier alpha value is -4.64. The summed E-state index contributed by atoms with van der Waals surface area (Å²) in [6.07, 6.45) is 4.62. The maximum absolute atomic E-state index is 14.9. The van der Waals surface area contributed by atoms with Crippen LogP contribution < -0.4 is 15.5 Å². The first kappa shape index (κ1) is 28.8. The van der Waals surface area contributed by atoms with Crippen molar-refractivity contribution in [3.8, 4) is 22.4 Å². The van der Waals surface area contributed by atoms with Gasteiger partial charge < -0.3 is 20.3 Å². The van der Waals surface area contributed by atoms with Crippen molar-refractivity contribution in [2.24, 2.45) is 0 Å². The minimum Gasteiger partial charge on any atom is -0.374 e. The fourth-order valence-electron chi connectivity index (χ4n) is 7.35. The number of aromatic amines is 1. The summed E-state index contributed by atoms with van der Waals surface area (Å²) in [6, 6.07) is 15.1. The van der Waals surface area contributed by atoms with E-state index in [0.717, 1.165) is 70.1 Å². The molecule has 2 aromatic carbocycles. The van der Waals surface area contributed by atoms with E-state index in [9.17, 15) is 14.0 Å². The number of ether oxygens (including phenoxy) is 1. The summed E-state index contributed by atoms with van der Waals surface area (Å²) in [5.41, 5.74) is 6.33. The van der Waals surface area contributed by atoms with Crippen molar-refractivity contribution in [3.63, 3.8) is 0 Å². The fourth-order valence-corrected chi connectivity index (χ4v) is 7.35. The van der Waals surface area contributed by atoms with E-state index in [1.807, 2.05) is 50.2 Å². The zero-order chi connectivity index (χ0) is 31.6. The van der Waals surface area contributed by atoms with Gasteiger partial charge in [-0.3, -0.25) is 14.7 Å². The minimum atomic E-state index is -1.90. The SMILES string of the molecule is Cc1n[nH]c(C)c1-c1ccc(NC(=O)[C@@H](NC(=O)C2(F)CC2)[C@@H]2CCc3ccc(-c4cc(N5C[C@@H]6C[C@H]5CO6)ncn4)cc32)cc1. The third-order valence-corrected chi connectivity index (χ3v) is 10.0. The number of aromatic nitrogens is 4. The third kappa shape index (κ3) is 5.12. The highest BCUT2D eigenvalue weighted by molar-refractivity contribution is 6.00.